The molecule has 200 valence electrons. The number of hydrogen-bond donors (Lipinski definition) is 2. The van der Waals surface area contributed by atoms with Crippen molar-refractivity contribution >= 4 is 11.7 Å². The lowest BCUT2D eigenvalue weighted by Gasteiger charge is -2.38. The third kappa shape index (κ3) is 5.43. The number of fused-ring (bicyclic) bond motifs is 1. The van der Waals surface area contributed by atoms with Crippen molar-refractivity contribution < 1.29 is 27.5 Å². The van der Waals surface area contributed by atoms with Gasteiger partial charge in [-0.25, -0.2) is 14.4 Å². The number of nitrogens with one attached hydrogen (secondary N) is 1. The van der Waals surface area contributed by atoms with Crippen LogP contribution in [0.5, 0.6) is 0 Å². The highest BCUT2D eigenvalue weighted by molar-refractivity contribution is 5.84. The first-order chi connectivity index (χ1) is 17.6. The van der Waals surface area contributed by atoms with Gasteiger partial charge < -0.3 is 20.2 Å². The van der Waals surface area contributed by atoms with Crippen LogP contribution < -0.4 is 10.2 Å². The summed E-state index contributed by atoms with van der Waals surface area (Å²) in [5.74, 6) is -0.951. The fraction of sp³-hybridized carbons (Fsp3) is 0.577. The van der Waals surface area contributed by atoms with Gasteiger partial charge in [0, 0.05) is 38.3 Å². The van der Waals surface area contributed by atoms with Crippen LogP contribution in [-0.2, 0) is 11.0 Å². The Bertz CT molecular complexity index is 1150. The van der Waals surface area contributed by atoms with E-state index in [1.54, 1.807) is 4.90 Å². The third-order valence-corrected chi connectivity index (χ3v) is 7.65. The molecule has 1 aromatic carbocycles. The van der Waals surface area contributed by atoms with Crippen molar-refractivity contribution in [1.82, 2.24) is 20.2 Å². The molecule has 2 aromatic rings. The molecule has 2 heterocycles. The number of piperazine rings is 1. The Morgan fingerprint density at radius 2 is 1.92 bits per heavy atom. The maximum absolute atomic E-state index is 14.4. The van der Waals surface area contributed by atoms with Crippen molar-refractivity contribution in [2.45, 2.75) is 50.3 Å². The van der Waals surface area contributed by atoms with Crippen molar-refractivity contribution in [2.24, 2.45) is 5.92 Å². The molecule has 3 aliphatic rings. The predicted molar refractivity (Wildman–Crippen MR) is 129 cm³/mol. The summed E-state index contributed by atoms with van der Waals surface area (Å²) in [6.07, 6.45) is -1.12. The van der Waals surface area contributed by atoms with Gasteiger partial charge in [-0.1, -0.05) is 13.0 Å². The summed E-state index contributed by atoms with van der Waals surface area (Å²) in [6.45, 7) is 4.82. The number of aliphatic hydroxyl groups is 1. The monoisotopic (exact) mass is 521 g/mol. The fourth-order valence-corrected chi connectivity index (χ4v) is 5.39. The van der Waals surface area contributed by atoms with Gasteiger partial charge >= 0.3 is 6.18 Å². The molecule has 2 N–H and O–H groups in total. The first-order valence-electron chi connectivity index (χ1n) is 12.8. The molecule has 0 unspecified atom stereocenters. The van der Waals surface area contributed by atoms with E-state index >= 15 is 0 Å². The lowest BCUT2D eigenvalue weighted by molar-refractivity contribution is -0.140. The third-order valence-electron chi connectivity index (χ3n) is 7.65. The summed E-state index contributed by atoms with van der Waals surface area (Å²) in [6, 6.07) is 2.77. The van der Waals surface area contributed by atoms with E-state index in [-0.39, 0.29) is 23.9 Å². The Hall–Kier alpha value is -2.79. The van der Waals surface area contributed by atoms with E-state index in [1.807, 2.05) is 6.92 Å². The van der Waals surface area contributed by atoms with Crippen molar-refractivity contribution in [1.29, 1.82) is 0 Å². The van der Waals surface area contributed by atoms with Gasteiger partial charge in [-0.15, -0.1) is 0 Å². The Balaban J connectivity index is 1.31. The number of hydrogen-bond acceptors (Lipinski definition) is 6. The molecule has 0 spiro atoms. The summed E-state index contributed by atoms with van der Waals surface area (Å²) in [5, 5.41) is 13.6. The number of aromatic nitrogens is 2. The lowest BCUT2D eigenvalue weighted by atomic mass is 9.95. The second-order valence-corrected chi connectivity index (χ2v) is 10.4. The minimum absolute atomic E-state index is 0.123. The predicted octanol–water partition coefficient (Wildman–Crippen LogP) is 3.61. The summed E-state index contributed by atoms with van der Waals surface area (Å²) < 4.78 is 53.6. The molecule has 11 heteroatoms. The van der Waals surface area contributed by atoms with E-state index in [0.29, 0.717) is 44.2 Å². The van der Waals surface area contributed by atoms with Crippen LogP contribution in [0.1, 0.15) is 66.5 Å². The number of carbonyl (C=O) groups is 1. The molecule has 1 aliphatic heterocycles. The molecule has 1 aromatic heterocycles. The highest BCUT2D eigenvalue weighted by atomic mass is 19.4. The van der Waals surface area contributed by atoms with Gasteiger partial charge in [0.1, 0.15) is 18.0 Å². The normalized spacial score (nSPS) is 22.8. The van der Waals surface area contributed by atoms with E-state index in [1.165, 1.54) is 12.4 Å². The zero-order valence-electron chi connectivity index (χ0n) is 20.6. The van der Waals surface area contributed by atoms with Gasteiger partial charge in [0.25, 0.3) is 0 Å². The molecule has 1 saturated heterocycles. The van der Waals surface area contributed by atoms with Crippen LogP contribution in [0.4, 0.5) is 23.4 Å². The van der Waals surface area contributed by atoms with Crippen LogP contribution in [-0.4, -0.2) is 65.2 Å². The maximum atomic E-state index is 14.4. The molecule has 0 radical (unpaired) electrons. The summed E-state index contributed by atoms with van der Waals surface area (Å²) in [4.78, 5) is 26.1. The first kappa shape index (κ1) is 25.8. The Morgan fingerprint density at radius 1 is 1.19 bits per heavy atom. The minimum atomic E-state index is -4.79. The molecule has 7 nitrogen and oxygen atoms in total. The average Bonchev–Trinajstić information content (AvgIpc) is 3.64. The van der Waals surface area contributed by atoms with Crippen LogP contribution in [0.3, 0.4) is 0 Å². The molecule has 0 bridgehead atoms. The smallest absolute Gasteiger partial charge is 0.387 e. The van der Waals surface area contributed by atoms with Crippen molar-refractivity contribution in [3.8, 4) is 0 Å². The van der Waals surface area contributed by atoms with E-state index in [2.05, 4.69) is 20.2 Å². The van der Waals surface area contributed by atoms with Crippen LogP contribution in [0, 0.1) is 11.7 Å². The van der Waals surface area contributed by atoms with Gasteiger partial charge in [0.2, 0.25) is 5.91 Å². The fourth-order valence-electron chi connectivity index (χ4n) is 5.39. The van der Waals surface area contributed by atoms with Crippen molar-refractivity contribution in [3.05, 3.63) is 52.7 Å². The molecule has 1 amide bonds. The summed E-state index contributed by atoms with van der Waals surface area (Å²) in [7, 11) is 0. The molecule has 2 aliphatic carbocycles. The molecule has 37 heavy (non-hydrogen) atoms. The van der Waals surface area contributed by atoms with Crippen LogP contribution in [0.15, 0.2) is 24.5 Å². The number of nitrogens with zero attached hydrogens (tertiary/aromatic N) is 4. The standard InChI is InChI=1S/C26H31F4N5O2/c1-15-10-21(36)23-22(15)24(33-14-32-23)34-6-8-35(9-7-34)25(37)18(13-31-12-16-2-3-16)17-4-5-19(20(27)11-17)26(28,29)30/h4-5,11,14-16,18,21,31,36H,2-3,6-10,12-13H2,1H3/t15-,18-,21+/m1/s1. The quantitative estimate of drug-likeness (QED) is 0.542. The number of carbonyl (C=O) groups excluding carboxylic acids is 1. The van der Waals surface area contributed by atoms with Crippen LogP contribution in [0.25, 0.3) is 0 Å². The molecule has 5 rings (SSSR count). The van der Waals surface area contributed by atoms with Crippen LogP contribution in [0.2, 0.25) is 0 Å². The van der Waals surface area contributed by atoms with Gasteiger partial charge in [0.05, 0.1) is 23.3 Å². The second kappa shape index (κ2) is 10.2. The Kier molecular flexibility index (Phi) is 7.10. The number of amides is 1. The second-order valence-electron chi connectivity index (χ2n) is 10.4. The van der Waals surface area contributed by atoms with Gasteiger partial charge in [-0.05, 0) is 55.3 Å². The van der Waals surface area contributed by atoms with E-state index in [4.69, 9.17) is 0 Å². The van der Waals surface area contributed by atoms with E-state index < -0.39 is 29.6 Å². The van der Waals surface area contributed by atoms with Gasteiger partial charge in [0.15, 0.2) is 0 Å². The highest BCUT2D eigenvalue weighted by Gasteiger charge is 2.37. The van der Waals surface area contributed by atoms with E-state index in [9.17, 15) is 27.5 Å². The molecular weight excluding hydrogens is 490 g/mol. The summed E-state index contributed by atoms with van der Waals surface area (Å²) >= 11 is 0. The number of rotatable bonds is 7. The number of alkyl halides is 3. The first-order valence-corrected chi connectivity index (χ1v) is 12.8. The lowest BCUT2D eigenvalue weighted by Crippen LogP contribution is -2.51. The largest absolute Gasteiger partial charge is 0.419 e. The summed E-state index contributed by atoms with van der Waals surface area (Å²) in [5.41, 5.74) is 0.496. The average molecular weight is 522 g/mol. The van der Waals surface area contributed by atoms with Crippen molar-refractivity contribution in [2.75, 3.05) is 44.2 Å². The molecule has 1 saturated carbocycles. The van der Waals surface area contributed by atoms with Crippen LogP contribution >= 0.6 is 0 Å². The number of halogens is 4. The van der Waals surface area contributed by atoms with Crippen molar-refractivity contribution in [3.63, 3.8) is 0 Å². The zero-order valence-corrected chi connectivity index (χ0v) is 20.6. The number of aliphatic hydroxyl groups excluding tert-OH is 1. The van der Waals surface area contributed by atoms with Gasteiger partial charge in [-0.2, -0.15) is 13.2 Å². The highest BCUT2D eigenvalue weighted by Crippen LogP contribution is 2.43. The van der Waals surface area contributed by atoms with E-state index in [0.717, 1.165) is 42.9 Å². The van der Waals surface area contributed by atoms with Gasteiger partial charge in [-0.3, -0.25) is 4.79 Å². The Labute approximate surface area is 212 Å². The Morgan fingerprint density at radius 3 is 2.57 bits per heavy atom. The minimum Gasteiger partial charge on any atom is -0.387 e. The number of anilines is 1. The maximum Gasteiger partial charge on any atom is 0.419 e. The number of benzene rings is 1. The zero-order chi connectivity index (χ0) is 26.3. The molecule has 2 fully saturated rings. The topological polar surface area (TPSA) is 81.6 Å². The SMILES string of the molecule is C[C@@H]1C[C@H](O)c2ncnc(N3CCN(C(=O)[C@H](CNCC4CC4)c4ccc(C(F)(F)F)c(F)c4)CC3)c21. The molecular formula is C26H31F4N5O2. The molecule has 3 atom stereocenters.